The normalized spacial score (nSPS) is 33.3. The molecule has 3 rings (SSSR count). The highest BCUT2D eigenvalue weighted by atomic mass is 16.4. The van der Waals surface area contributed by atoms with Crippen molar-refractivity contribution in [1.29, 1.82) is 0 Å². The summed E-state index contributed by atoms with van der Waals surface area (Å²) in [5, 5.41) is 12.3. The van der Waals surface area contributed by atoms with Crippen LogP contribution in [-0.2, 0) is 9.59 Å². The Morgan fingerprint density at radius 1 is 1.11 bits per heavy atom. The zero-order valence-electron chi connectivity index (χ0n) is 11.2. The van der Waals surface area contributed by atoms with Crippen LogP contribution in [0.1, 0.15) is 44.9 Å². The Bertz CT molecular complexity index is 392. The molecule has 2 saturated heterocycles. The van der Waals surface area contributed by atoms with Crippen molar-refractivity contribution in [2.75, 3.05) is 13.1 Å². The van der Waals surface area contributed by atoms with Crippen molar-refractivity contribution in [2.24, 2.45) is 5.41 Å². The Hall–Kier alpha value is -1.10. The fourth-order valence-corrected chi connectivity index (χ4v) is 3.79. The summed E-state index contributed by atoms with van der Waals surface area (Å²) >= 11 is 0. The number of amides is 1. The lowest BCUT2D eigenvalue weighted by Crippen LogP contribution is -2.56. The van der Waals surface area contributed by atoms with Gasteiger partial charge in [-0.1, -0.05) is 12.8 Å². The molecule has 19 heavy (non-hydrogen) atoms. The highest BCUT2D eigenvalue weighted by molar-refractivity contribution is 6.03. The minimum Gasteiger partial charge on any atom is -0.480 e. The number of rotatable bonds is 3. The predicted octanol–water partition coefficient (Wildman–Crippen LogP) is 0.984. The Morgan fingerprint density at radius 3 is 2.53 bits per heavy atom. The van der Waals surface area contributed by atoms with Crippen LogP contribution in [0.15, 0.2) is 0 Å². The first-order valence-electron chi connectivity index (χ1n) is 7.42. The second-order valence-electron chi connectivity index (χ2n) is 6.21. The number of piperidine rings is 1. The van der Waals surface area contributed by atoms with E-state index in [1.807, 2.05) is 0 Å². The molecule has 2 atom stereocenters. The molecule has 0 bridgehead atoms. The summed E-state index contributed by atoms with van der Waals surface area (Å²) in [4.78, 5) is 26.1. The SMILES string of the molecule is O=C(O)C1(C(=O)NC2CCN3CCCCC23)CCC1. The smallest absolute Gasteiger partial charge is 0.319 e. The van der Waals surface area contributed by atoms with Gasteiger partial charge in [0.05, 0.1) is 0 Å². The van der Waals surface area contributed by atoms with Crippen molar-refractivity contribution < 1.29 is 14.7 Å². The van der Waals surface area contributed by atoms with Crippen LogP contribution in [0.2, 0.25) is 0 Å². The number of aliphatic carboxylic acids is 1. The number of fused-ring (bicyclic) bond motifs is 1. The molecule has 0 aromatic carbocycles. The molecule has 0 spiro atoms. The maximum absolute atomic E-state index is 12.3. The zero-order chi connectivity index (χ0) is 13.5. The van der Waals surface area contributed by atoms with E-state index in [0.29, 0.717) is 18.9 Å². The van der Waals surface area contributed by atoms with E-state index < -0.39 is 11.4 Å². The molecule has 1 amide bonds. The van der Waals surface area contributed by atoms with E-state index in [4.69, 9.17) is 0 Å². The van der Waals surface area contributed by atoms with E-state index in [-0.39, 0.29) is 11.9 Å². The Labute approximate surface area is 113 Å². The fraction of sp³-hybridized carbons (Fsp3) is 0.857. The molecule has 3 fully saturated rings. The minimum atomic E-state index is -1.12. The number of carboxylic acid groups (broad SMARTS) is 1. The van der Waals surface area contributed by atoms with Crippen LogP contribution < -0.4 is 5.32 Å². The van der Waals surface area contributed by atoms with Gasteiger partial charge in [-0.2, -0.15) is 0 Å². The van der Waals surface area contributed by atoms with Gasteiger partial charge in [0.15, 0.2) is 0 Å². The van der Waals surface area contributed by atoms with Gasteiger partial charge in [-0.25, -0.2) is 0 Å². The molecule has 0 aromatic heterocycles. The summed E-state index contributed by atoms with van der Waals surface area (Å²) in [5.74, 6) is -1.20. The van der Waals surface area contributed by atoms with Crippen molar-refractivity contribution in [2.45, 2.75) is 57.0 Å². The predicted molar refractivity (Wildman–Crippen MR) is 69.7 cm³/mol. The van der Waals surface area contributed by atoms with Crippen molar-refractivity contribution in [1.82, 2.24) is 10.2 Å². The van der Waals surface area contributed by atoms with Gasteiger partial charge in [0.1, 0.15) is 5.41 Å². The van der Waals surface area contributed by atoms with Crippen molar-refractivity contribution in [3.63, 3.8) is 0 Å². The molecule has 106 valence electrons. The molecule has 2 unspecified atom stereocenters. The van der Waals surface area contributed by atoms with Crippen LogP contribution in [0.5, 0.6) is 0 Å². The van der Waals surface area contributed by atoms with Crippen LogP contribution in [0, 0.1) is 5.41 Å². The largest absolute Gasteiger partial charge is 0.480 e. The highest BCUT2D eigenvalue weighted by Crippen LogP contribution is 2.42. The highest BCUT2D eigenvalue weighted by Gasteiger charge is 2.52. The molecular weight excluding hydrogens is 244 g/mol. The monoisotopic (exact) mass is 266 g/mol. The lowest BCUT2D eigenvalue weighted by Gasteiger charge is -2.38. The molecule has 1 aliphatic carbocycles. The van der Waals surface area contributed by atoms with Gasteiger partial charge in [0.2, 0.25) is 5.91 Å². The second-order valence-corrected chi connectivity index (χ2v) is 6.21. The van der Waals surface area contributed by atoms with Crippen molar-refractivity contribution >= 4 is 11.9 Å². The molecule has 3 aliphatic rings. The summed E-state index contributed by atoms with van der Waals surface area (Å²) in [5.41, 5.74) is -1.12. The Balaban J connectivity index is 1.65. The van der Waals surface area contributed by atoms with E-state index in [1.54, 1.807) is 0 Å². The van der Waals surface area contributed by atoms with Gasteiger partial charge < -0.3 is 10.4 Å². The summed E-state index contributed by atoms with van der Waals surface area (Å²) in [6, 6.07) is 0.591. The third-order valence-electron chi connectivity index (χ3n) is 5.22. The number of nitrogens with zero attached hydrogens (tertiary/aromatic N) is 1. The first kappa shape index (κ1) is 12.9. The van der Waals surface area contributed by atoms with Crippen LogP contribution >= 0.6 is 0 Å². The third kappa shape index (κ3) is 2.04. The number of carbonyl (C=O) groups excluding carboxylic acids is 1. The van der Waals surface area contributed by atoms with Crippen molar-refractivity contribution in [3.05, 3.63) is 0 Å². The number of carbonyl (C=O) groups is 2. The van der Waals surface area contributed by atoms with E-state index >= 15 is 0 Å². The van der Waals surface area contributed by atoms with E-state index in [1.165, 1.54) is 12.8 Å². The number of nitrogens with one attached hydrogen (secondary N) is 1. The maximum Gasteiger partial charge on any atom is 0.319 e. The Morgan fingerprint density at radius 2 is 1.89 bits per heavy atom. The van der Waals surface area contributed by atoms with Gasteiger partial charge in [-0.3, -0.25) is 14.5 Å². The van der Waals surface area contributed by atoms with Crippen LogP contribution in [0.4, 0.5) is 0 Å². The average molecular weight is 266 g/mol. The lowest BCUT2D eigenvalue weighted by molar-refractivity contribution is -0.162. The van der Waals surface area contributed by atoms with E-state index in [2.05, 4.69) is 10.2 Å². The topological polar surface area (TPSA) is 69.6 Å². The van der Waals surface area contributed by atoms with Gasteiger partial charge in [-0.05, 0) is 38.6 Å². The standard InChI is InChI=1S/C14H22N2O3/c17-12(14(13(18)19)6-3-7-14)15-10-5-9-16-8-2-1-4-11(10)16/h10-11H,1-9H2,(H,15,17)(H,18,19). The Kier molecular flexibility index (Phi) is 3.25. The number of hydrogen-bond donors (Lipinski definition) is 2. The van der Waals surface area contributed by atoms with Crippen molar-refractivity contribution in [3.8, 4) is 0 Å². The first-order valence-corrected chi connectivity index (χ1v) is 7.42. The average Bonchev–Trinajstić information content (AvgIpc) is 2.71. The fourth-order valence-electron chi connectivity index (χ4n) is 3.79. The van der Waals surface area contributed by atoms with Gasteiger partial charge in [0, 0.05) is 18.6 Å². The van der Waals surface area contributed by atoms with Crippen LogP contribution in [0.25, 0.3) is 0 Å². The van der Waals surface area contributed by atoms with E-state index in [0.717, 1.165) is 32.4 Å². The molecule has 2 N–H and O–H groups in total. The van der Waals surface area contributed by atoms with Crippen LogP contribution in [-0.4, -0.2) is 47.1 Å². The van der Waals surface area contributed by atoms with Gasteiger partial charge >= 0.3 is 5.97 Å². The first-order chi connectivity index (χ1) is 9.13. The molecule has 0 aromatic rings. The van der Waals surface area contributed by atoms with Gasteiger partial charge in [0.25, 0.3) is 0 Å². The van der Waals surface area contributed by atoms with Gasteiger partial charge in [-0.15, -0.1) is 0 Å². The molecule has 1 saturated carbocycles. The minimum absolute atomic E-state index is 0.157. The lowest BCUT2D eigenvalue weighted by atomic mass is 9.68. The summed E-state index contributed by atoms with van der Waals surface area (Å²) < 4.78 is 0. The second kappa shape index (κ2) is 4.78. The number of carboxylic acids is 1. The quantitative estimate of drug-likeness (QED) is 0.747. The zero-order valence-corrected chi connectivity index (χ0v) is 11.2. The van der Waals surface area contributed by atoms with Crippen LogP contribution in [0.3, 0.4) is 0 Å². The molecule has 2 aliphatic heterocycles. The summed E-state index contributed by atoms with van der Waals surface area (Å²) in [7, 11) is 0. The summed E-state index contributed by atoms with van der Waals surface area (Å²) in [6.07, 6.45) is 6.40. The van der Waals surface area contributed by atoms with E-state index in [9.17, 15) is 14.7 Å². The summed E-state index contributed by atoms with van der Waals surface area (Å²) in [6.45, 7) is 2.16. The molecule has 2 heterocycles. The maximum atomic E-state index is 12.3. The molecule has 5 nitrogen and oxygen atoms in total. The molecule has 0 radical (unpaired) electrons. The third-order valence-corrected chi connectivity index (χ3v) is 5.22. The molecule has 5 heteroatoms. The molecular formula is C14H22N2O3. The number of hydrogen-bond acceptors (Lipinski definition) is 3.